The average molecular weight is 271 g/mol. The molecule has 0 aromatic heterocycles. The molecule has 0 fully saturated rings. The molecule has 4 nitrogen and oxygen atoms in total. The highest BCUT2D eigenvalue weighted by atomic mass is 32.2. The highest BCUT2D eigenvalue weighted by Gasteiger charge is 2.26. The van der Waals surface area contributed by atoms with E-state index in [0.29, 0.717) is 12.2 Å². The number of ether oxygens (including phenoxy) is 1. The summed E-state index contributed by atoms with van der Waals surface area (Å²) in [7, 11) is 0.154. The SMILES string of the molecule is COc1cc([C@H](C)CC(C)(C)S(N)=O)ccc1O. The fraction of sp³-hybridized carbons (Fsp3) is 0.538. The summed E-state index contributed by atoms with van der Waals surface area (Å²) in [6.45, 7) is 5.81. The van der Waals surface area contributed by atoms with Gasteiger partial charge in [0.1, 0.15) is 0 Å². The van der Waals surface area contributed by atoms with Crippen LogP contribution in [0.2, 0.25) is 0 Å². The molecular weight excluding hydrogens is 250 g/mol. The van der Waals surface area contributed by atoms with Crippen molar-refractivity contribution in [1.29, 1.82) is 0 Å². The number of hydrogen-bond acceptors (Lipinski definition) is 3. The summed E-state index contributed by atoms with van der Waals surface area (Å²) in [4.78, 5) is 0. The van der Waals surface area contributed by atoms with E-state index in [1.165, 1.54) is 7.11 Å². The topological polar surface area (TPSA) is 72.5 Å². The van der Waals surface area contributed by atoms with Crippen LogP contribution in [0.1, 0.15) is 38.7 Å². The fourth-order valence-corrected chi connectivity index (χ4v) is 2.35. The Labute approximate surface area is 111 Å². The molecule has 1 unspecified atom stereocenters. The molecule has 1 aromatic carbocycles. The highest BCUT2D eigenvalue weighted by molar-refractivity contribution is 7.84. The van der Waals surface area contributed by atoms with Crippen molar-refractivity contribution < 1.29 is 14.1 Å². The first kappa shape index (κ1) is 15.0. The quantitative estimate of drug-likeness (QED) is 0.863. The van der Waals surface area contributed by atoms with Gasteiger partial charge in [-0.25, -0.2) is 4.21 Å². The number of hydrogen-bond donors (Lipinski definition) is 2. The molecule has 1 rings (SSSR count). The standard InChI is InChI=1S/C13H21NO3S/c1-9(8-13(2,3)18(14)16)10-5-6-11(15)12(7-10)17-4/h5-7,9,15H,8,14H2,1-4H3/t9-,18?/m1/s1. The van der Waals surface area contributed by atoms with Crippen LogP contribution < -0.4 is 9.88 Å². The second-order valence-electron chi connectivity index (χ2n) is 5.09. The molecule has 102 valence electrons. The molecule has 5 heteroatoms. The van der Waals surface area contributed by atoms with Crippen LogP contribution in [-0.2, 0) is 11.0 Å². The number of nitrogens with two attached hydrogens (primary N) is 1. The molecule has 18 heavy (non-hydrogen) atoms. The summed E-state index contributed by atoms with van der Waals surface area (Å²) >= 11 is 0. The van der Waals surface area contributed by atoms with E-state index in [1.54, 1.807) is 12.1 Å². The first-order valence-electron chi connectivity index (χ1n) is 5.81. The van der Waals surface area contributed by atoms with Crippen LogP contribution in [0, 0.1) is 0 Å². The Balaban J connectivity index is 2.91. The molecule has 0 aliphatic rings. The van der Waals surface area contributed by atoms with Crippen molar-refractivity contribution in [1.82, 2.24) is 0 Å². The predicted molar refractivity (Wildman–Crippen MR) is 74.1 cm³/mol. The second-order valence-corrected chi connectivity index (χ2v) is 6.79. The van der Waals surface area contributed by atoms with E-state index in [-0.39, 0.29) is 11.7 Å². The summed E-state index contributed by atoms with van der Waals surface area (Å²) < 4.78 is 16.1. The van der Waals surface area contributed by atoms with Gasteiger partial charge in [0, 0.05) is 0 Å². The highest BCUT2D eigenvalue weighted by Crippen LogP contribution is 2.33. The molecule has 2 atom stereocenters. The van der Waals surface area contributed by atoms with Gasteiger partial charge in [-0.15, -0.1) is 0 Å². The Hall–Kier alpha value is -1.07. The van der Waals surface area contributed by atoms with Crippen LogP contribution in [0.25, 0.3) is 0 Å². The molecule has 3 N–H and O–H groups in total. The molecule has 0 heterocycles. The summed E-state index contributed by atoms with van der Waals surface area (Å²) in [5.41, 5.74) is 1.03. The average Bonchev–Trinajstić information content (AvgIpc) is 2.28. The van der Waals surface area contributed by atoms with Gasteiger partial charge >= 0.3 is 0 Å². The lowest BCUT2D eigenvalue weighted by atomic mass is 9.91. The zero-order valence-corrected chi connectivity index (χ0v) is 12.1. The maximum absolute atomic E-state index is 11.4. The summed E-state index contributed by atoms with van der Waals surface area (Å²) in [6, 6.07) is 5.25. The van der Waals surface area contributed by atoms with Gasteiger partial charge in [-0.2, -0.15) is 0 Å². The van der Waals surface area contributed by atoms with Gasteiger partial charge in [0.25, 0.3) is 0 Å². The van der Waals surface area contributed by atoms with E-state index in [1.807, 2.05) is 26.8 Å². The van der Waals surface area contributed by atoms with E-state index in [0.717, 1.165) is 5.56 Å². The summed E-state index contributed by atoms with van der Waals surface area (Å²) in [5.74, 6) is 0.753. The Morgan fingerprint density at radius 2 is 2.11 bits per heavy atom. The van der Waals surface area contributed by atoms with Gasteiger partial charge in [-0.05, 0) is 43.9 Å². The largest absolute Gasteiger partial charge is 0.504 e. The van der Waals surface area contributed by atoms with E-state index in [4.69, 9.17) is 9.88 Å². The molecule has 1 aromatic rings. The predicted octanol–water partition coefficient (Wildman–Crippen LogP) is 2.30. The second kappa shape index (κ2) is 5.71. The third-order valence-electron chi connectivity index (χ3n) is 3.12. The van der Waals surface area contributed by atoms with Crippen LogP contribution in [-0.4, -0.2) is 21.2 Å². The Morgan fingerprint density at radius 1 is 1.50 bits per heavy atom. The lowest BCUT2D eigenvalue weighted by Crippen LogP contribution is -2.33. The molecule has 0 bridgehead atoms. The number of phenols is 1. The van der Waals surface area contributed by atoms with E-state index in [2.05, 4.69) is 0 Å². The van der Waals surface area contributed by atoms with Crippen LogP contribution >= 0.6 is 0 Å². The van der Waals surface area contributed by atoms with E-state index in [9.17, 15) is 9.32 Å². The van der Waals surface area contributed by atoms with Gasteiger partial charge in [-0.1, -0.05) is 13.0 Å². The third-order valence-corrected chi connectivity index (χ3v) is 4.37. The van der Waals surface area contributed by atoms with Crippen molar-refractivity contribution in [3.05, 3.63) is 23.8 Å². The zero-order valence-electron chi connectivity index (χ0n) is 11.3. The van der Waals surface area contributed by atoms with E-state index < -0.39 is 15.7 Å². The molecule has 0 aliphatic carbocycles. The van der Waals surface area contributed by atoms with Crippen LogP contribution in [0.4, 0.5) is 0 Å². The van der Waals surface area contributed by atoms with Gasteiger partial charge in [0.05, 0.1) is 22.8 Å². The molecule has 0 saturated carbocycles. The first-order chi connectivity index (χ1) is 8.27. The third kappa shape index (κ3) is 3.46. The lowest BCUT2D eigenvalue weighted by molar-refractivity contribution is 0.372. The van der Waals surface area contributed by atoms with Gasteiger partial charge in [0.15, 0.2) is 11.5 Å². The number of phenolic OH excluding ortho intramolecular Hbond substituents is 1. The monoisotopic (exact) mass is 271 g/mol. The number of rotatable bonds is 5. The maximum atomic E-state index is 11.4. The number of methoxy groups -OCH3 is 1. The fourth-order valence-electron chi connectivity index (χ4n) is 1.94. The van der Waals surface area contributed by atoms with Crippen molar-refractivity contribution in [2.45, 2.75) is 37.9 Å². The Morgan fingerprint density at radius 3 is 2.61 bits per heavy atom. The molecule has 0 aliphatic heterocycles. The smallest absolute Gasteiger partial charge is 0.160 e. The minimum atomic E-state index is -1.36. The summed E-state index contributed by atoms with van der Waals surface area (Å²) in [6.07, 6.45) is 0.698. The molecular formula is C13H21NO3S. The van der Waals surface area contributed by atoms with Crippen molar-refractivity contribution >= 4 is 11.0 Å². The van der Waals surface area contributed by atoms with Crippen molar-refractivity contribution in [3.8, 4) is 11.5 Å². The number of benzene rings is 1. The normalized spacial score (nSPS) is 15.2. The van der Waals surface area contributed by atoms with Crippen molar-refractivity contribution in [3.63, 3.8) is 0 Å². The van der Waals surface area contributed by atoms with Crippen LogP contribution in [0.5, 0.6) is 11.5 Å². The molecule has 0 amide bonds. The Kier molecular flexibility index (Phi) is 4.76. The maximum Gasteiger partial charge on any atom is 0.160 e. The summed E-state index contributed by atoms with van der Waals surface area (Å²) in [5, 5.41) is 15.0. The zero-order chi connectivity index (χ0) is 13.9. The van der Waals surface area contributed by atoms with Gasteiger partial charge < -0.3 is 9.84 Å². The lowest BCUT2D eigenvalue weighted by Gasteiger charge is -2.25. The van der Waals surface area contributed by atoms with Crippen LogP contribution in [0.15, 0.2) is 18.2 Å². The van der Waals surface area contributed by atoms with Crippen LogP contribution in [0.3, 0.4) is 0 Å². The van der Waals surface area contributed by atoms with Crippen molar-refractivity contribution in [2.24, 2.45) is 5.14 Å². The molecule has 0 radical (unpaired) electrons. The number of aromatic hydroxyl groups is 1. The van der Waals surface area contributed by atoms with Gasteiger partial charge in [-0.3, -0.25) is 5.14 Å². The molecule has 0 spiro atoms. The Bertz CT molecular complexity index is 446. The van der Waals surface area contributed by atoms with Gasteiger partial charge in [0.2, 0.25) is 0 Å². The van der Waals surface area contributed by atoms with E-state index >= 15 is 0 Å². The molecule has 0 saturated heterocycles. The first-order valence-corrected chi connectivity index (χ1v) is 7.02. The van der Waals surface area contributed by atoms with Crippen molar-refractivity contribution in [2.75, 3.05) is 7.11 Å². The minimum Gasteiger partial charge on any atom is -0.504 e. The minimum absolute atomic E-state index is 0.120.